The first-order chi connectivity index (χ1) is 10.9. The molecule has 0 unspecified atom stereocenters. The average molecular weight is 284 g/mol. The van der Waals surface area contributed by atoms with E-state index in [1.807, 2.05) is 89.6 Å². The van der Waals surface area contributed by atoms with Crippen LogP contribution in [-0.2, 0) is 0 Å². The van der Waals surface area contributed by atoms with E-state index >= 15 is 0 Å². The molecule has 4 rings (SSSR count). The van der Waals surface area contributed by atoms with Gasteiger partial charge < -0.3 is 0 Å². The summed E-state index contributed by atoms with van der Waals surface area (Å²) >= 11 is 0. The molecule has 0 amide bonds. The van der Waals surface area contributed by atoms with Gasteiger partial charge in [0.05, 0.1) is 0 Å². The normalized spacial score (nSPS) is 13.4. The molecule has 1 aliphatic heterocycles. The Hall–Kier alpha value is -3.00. The lowest BCUT2D eigenvalue weighted by molar-refractivity contribution is -0.577. The highest BCUT2D eigenvalue weighted by molar-refractivity contribution is 6.34. The Morgan fingerprint density at radius 3 is 1.91 bits per heavy atom. The second-order valence-electron chi connectivity index (χ2n) is 5.24. The molecule has 0 fully saturated rings. The Kier molecular flexibility index (Phi) is 2.94. The zero-order valence-corrected chi connectivity index (χ0v) is 11.9. The van der Waals surface area contributed by atoms with Crippen molar-refractivity contribution in [3.05, 3.63) is 102 Å². The molecule has 0 spiro atoms. The average Bonchev–Trinajstić information content (AvgIpc) is 2.90. The van der Waals surface area contributed by atoms with E-state index in [-0.39, 0.29) is 5.78 Å². The standard InChI is InChI=1S/C20H14NO/c22-20-17-13-7-8-14-21(17)19(16-11-5-2-6-12-16)18(20)15-9-3-1-4-10-15/h1-14H/q+1. The van der Waals surface area contributed by atoms with E-state index < -0.39 is 0 Å². The summed E-state index contributed by atoms with van der Waals surface area (Å²) in [6.45, 7) is 0. The molecule has 0 aliphatic carbocycles. The first kappa shape index (κ1) is 12.7. The van der Waals surface area contributed by atoms with Crippen molar-refractivity contribution >= 4 is 17.1 Å². The molecule has 0 radical (unpaired) electrons. The van der Waals surface area contributed by atoms with Crippen LogP contribution in [0.5, 0.6) is 0 Å². The van der Waals surface area contributed by atoms with Gasteiger partial charge in [0.1, 0.15) is 5.57 Å². The lowest BCUT2D eigenvalue weighted by Crippen LogP contribution is -2.34. The minimum atomic E-state index is 0.0747. The SMILES string of the molecule is O=C1C(c2ccccc2)=C(c2ccccc2)[n+]2ccccc21. The summed E-state index contributed by atoms with van der Waals surface area (Å²) in [4.78, 5) is 12.9. The van der Waals surface area contributed by atoms with Gasteiger partial charge in [-0.3, -0.25) is 4.79 Å². The van der Waals surface area contributed by atoms with Crippen LogP contribution < -0.4 is 4.57 Å². The van der Waals surface area contributed by atoms with Crippen molar-refractivity contribution in [1.82, 2.24) is 0 Å². The van der Waals surface area contributed by atoms with Gasteiger partial charge in [0, 0.05) is 17.7 Å². The molecule has 0 saturated heterocycles. The Balaban J connectivity index is 2.05. The van der Waals surface area contributed by atoms with E-state index in [1.54, 1.807) is 0 Å². The summed E-state index contributed by atoms with van der Waals surface area (Å²) in [5.41, 5.74) is 4.42. The van der Waals surface area contributed by atoms with E-state index in [9.17, 15) is 4.79 Å². The van der Waals surface area contributed by atoms with Crippen LogP contribution in [0.15, 0.2) is 85.1 Å². The highest BCUT2D eigenvalue weighted by atomic mass is 16.1. The van der Waals surface area contributed by atoms with Gasteiger partial charge in [-0.15, -0.1) is 0 Å². The number of Topliss-reactive ketones (excluding diaryl/α,β-unsaturated/α-hetero) is 1. The number of allylic oxidation sites excluding steroid dienone is 1. The van der Waals surface area contributed by atoms with Gasteiger partial charge in [-0.1, -0.05) is 48.5 Å². The molecule has 2 heteroatoms. The molecule has 0 atom stereocenters. The van der Waals surface area contributed by atoms with Crippen LogP contribution >= 0.6 is 0 Å². The molecule has 0 N–H and O–H groups in total. The van der Waals surface area contributed by atoms with Crippen LogP contribution in [0, 0.1) is 0 Å². The molecule has 0 saturated carbocycles. The highest BCUT2D eigenvalue weighted by Gasteiger charge is 2.39. The molecule has 2 nitrogen and oxygen atoms in total. The van der Waals surface area contributed by atoms with E-state index in [2.05, 4.69) is 0 Å². The van der Waals surface area contributed by atoms with Crippen molar-refractivity contribution in [2.45, 2.75) is 0 Å². The number of rotatable bonds is 2. The maximum absolute atomic E-state index is 12.9. The number of hydrogen-bond acceptors (Lipinski definition) is 1. The number of aromatic nitrogens is 1. The number of hydrogen-bond donors (Lipinski definition) is 0. The van der Waals surface area contributed by atoms with Crippen molar-refractivity contribution < 1.29 is 9.36 Å². The van der Waals surface area contributed by atoms with Crippen molar-refractivity contribution in [3.8, 4) is 0 Å². The Morgan fingerprint density at radius 2 is 1.23 bits per heavy atom. The molecule has 22 heavy (non-hydrogen) atoms. The van der Waals surface area contributed by atoms with Crippen molar-refractivity contribution in [2.24, 2.45) is 0 Å². The lowest BCUT2D eigenvalue weighted by Gasteiger charge is -2.02. The first-order valence-electron chi connectivity index (χ1n) is 7.27. The van der Waals surface area contributed by atoms with Gasteiger partial charge in [0.25, 0.3) is 11.5 Å². The lowest BCUT2D eigenvalue weighted by atomic mass is 9.98. The number of carbonyl (C=O) groups excluding carboxylic acids is 1. The van der Waals surface area contributed by atoms with Gasteiger partial charge in [0.2, 0.25) is 5.70 Å². The predicted molar refractivity (Wildman–Crippen MR) is 86.1 cm³/mol. The van der Waals surface area contributed by atoms with Crippen molar-refractivity contribution in [3.63, 3.8) is 0 Å². The summed E-state index contributed by atoms with van der Waals surface area (Å²) < 4.78 is 1.99. The Labute approximate surface area is 129 Å². The second kappa shape index (κ2) is 5.08. The molecule has 3 aromatic rings. The molecule has 2 aromatic carbocycles. The maximum atomic E-state index is 12.9. The molecule has 1 aliphatic rings. The van der Waals surface area contributed by atoms with Gasteiger partial charge >= 0.3 is 0 Å². The zero-order chi connectivity index (χ0) is 14.9. The number of nitrogens with zero attached hydrogens (tertiary/aromatic N) is 1. The highest BCUT2D eigenvalue weighted by Crippen LogP contribution is 2.31. The number of pyridine rings is 1. The molecule has 1 aromatic heterocycles. The van der Waals surface area contributed by atoms with Crippen molar-refractivity contribution in [2.75, 3.05) is 0 Å². The third-order valence-electron chi connectivity index (χ3n) is 3.91. The van der Waals surface area contributed by atoms with E-state index in [0.717, 1.165) is 22.4 Å². The minimum absolute atomic E-state index is 0.0747. The monoisotopic (exact) mass is 284 g/mol. The number of carbonyl (C=O) groups is 1. The summed E-state index contributed by atoms with van der Waals surface area (Å²) in [6.07, 6.45) is 1.95. The molecular weight excluding hydrogens is 270 g/mol. The second-order valence-corrected chi connectivity index (χ2v) is 5.24. The molecule has 104 valence electrons. The number of ketones is 1. The predicted octanol–water partition coefficient (Wildman–Crippen LogP) is 3.59. The van der Waals surface area contributed by atoms with Crippen LogP contribution in [0.2, 0.25) is 0 Å². The van der Waals surface area contributed by atoms with E-state index in [1.165, 1.54) is 0 Å². The number of fused-ring (bicyclic) bond motifs is 1. The fourth-order valence-corrected chi connectivity index (χ4v) is 2.93. The Morgan fingerprint density at radius 1 is 0.636 bits per heavy atom. The topological polar surface area (TPSA) is 20.9 Å². The Bertz CT molecular complexity index is 880. The summed E-state index contributed by atoms with van der Waals surface area (Å²) in [6, 6.07) is 25.7. The van der Waals surface area contributed by atoms with Crippen LogP contribution in [0.3, 0.4) is 0 Å². The first-order valence-corrected chi connectivity index (χ1v) is 7.27. The van der Waals surface area contributed by atoms with Crippen molar-refractivity contribution in [1.29, 1.82) is 0 Å². The van der Waals surface area contributed by atoms with Gasteiger partial charge in [-0.2, -0.15) is 4.57 Å². The third kappa shape index (κ3) is 1.89. The van der Waals surface area contributed by atoms with E-state index in [0.29, 0.717) is 5.69 Å². The minimum Gasteiger partial charge on any atom is -0.281 e. The van der Waals surface area contributed by atoms with E-state index in [4.69, 9.17) is 0 Å². The largest absolute Gasteiger partial charge is 0.281 e. The van der Waals surface area contributed by atoms with Crippen LogP contribution in [0.4, 0.5) is 0 Å². The zero-order valence-electron chi connectivity index (χ0n) is 11.9. The fourth-order valence-electron chi connectivity index (χ4n) is 2.93. The summed E-state index contributed by atoms with van der Waals surface area (Å²) in [7, 11) is 0. The van der Waals surface area contributed by atoms with Crippen LogP contribution in [0.25, 0.3) is 11.3 Å². The molecule has 2 heterocycles. The van der Waals surface area contributed by atoms with Gasteiger partial charge in [-0.25, -0.2) is 0 Å². The van der Waals surface area contributed by atoms with Crippen LogP contribution in [0.1, 0.15) is 21.6 Å². The third-order valence-corrected chi connectivity index (χ3v) is 3.91. The molecular formula is C20H14NO+. The summed E-state index contributed by atoms with van der Waals surface area (Å²) in [5, 5.41) is 0. The maximum Gasteiger partial charge on any atom is 0.264 e. The van der Waals surface area contributed by atoms with Crippen LogP contribution in [-0.4, -0.2) is 5.78 Å². The fraction of sp³-hybridized carbons (Fsp3) is 0. The number of benzene rings is 2. The molecule has 0 bridgehead atoms. The van der Waals surface area contributed by atoms with Gasteiger partial charge in [-0.05, 0) is 23.8 Å². The summed E-state index contributed by atoms with van der Waals surface area (Å²) in [5.74, 6) is 0.0747. The van der Waals surface area contributed by atoms with Gasteiger partial charge in [0.15, 0.2) is 6.20 Å². The smallest absolute Gasteiger partial charge is 0.264 e. The quantitative estimate of drug-likeness (QED) is 0.659.